The molecular formula is C17H11Cl2F2N3O3S. The Hall–Kier alpha value is -2.49. The van der Waals surface area contributed by atoms with E-state index in [1.165, 1.54) is 25.1 Å². The SMILES string of the molecule is Cc1nc(C(=O)NS(=O)(=O)c2cc(Cl)ccc2Cl)cn1-c1c(F)cccc1F. The maximum Gasteiger partial charge on any atom is 0.285 e. The molecule has 0 atom stereocenters. The van der Waals surface area contributed by atoms with E-state index in [1.54, 1.807) is 4.72 Å². The molecular weight excluding hydrogens is 435 g/mol. The van der Waals surface area contributed by atoms with Crippen molar-refractivity contribution in [3.63, 3.8) is 0 Å². The van der Waals surface area contributed by atoms with Crippen LogP contribution in [0.25, 0.3) is 5.69 Å². The number of aryl methyl sites for hydroxylation is 1. The largest absolute Gasteiger partial charge is 0.298 e. The second kappa shape index (κ2) is 7.50. The molecule has 1 amide bonds. The van der Waals surface area contributed by atoms with E-state index in [4.69, 9.17) is 23.2 Å². The summed E-state index contributed by atoms with van der Waals surface area (Å²) in [6.45, 7) is 1.41. The van der Waals surface area contributed by atoms with Crippen molar-refractivity contribution < 1.29 is 22.0 Å². The summed E-state index contributed by atoms with van der Waals surface area (Å²) in [7, 11) is -4.36. The van der Waals surface area contributed by atoms with E-state index in [9.17, 15) is 22.0 Å². The van der Waals surface area contributed by atoms with Gasteiger partial charge in [0.2, 0.25) is 0 Å². The van der Waals surface area contributed by atoms with E-state index >= 15 is 0 Å². The van der Waals surface area contributed by atoms with Gasteiger partial charge in [-0.1, -0.05) is 29.3 Å². The third-order valence-corrected chi connectivity index (χ3v) is 5.75. The molecule has 6 nitrogen and oxygen atoms in total. The van der Waals surface area contributed by atoms with Crippen molar-refractivity contribution in [2.75, 3.05) is 0 Å². The van der Waals surface area contributed by atoms with Gasteiger partial charge in [0.05, 0.1) is 5.02 Å². The van der Waals surface area contributed by atoms with Crippen LogP contribution in [0.4, 0.5) is 8.78 Å². The van der Waals surface area contributed by atoms with Crippen LogP contribution in [0.1, 0.15) is 16.3 Å². The molecule has 3 aromatic rings. The summed E-state index contributed by atoms with van der Waals surface area (Å²) >= 11 is 11.6. The lowest BCUT2D eigenvalue weighted by molar-refractivity contribution is 0.0977. The minimum absolute atomic E-state index is 0.0762. The Labute approximate surface area is 168 Å². The number of hydrogen-bond acceptors (Lipinski definition) is 4. The second-order valence-electron chi connectivity index (χ2n) is 5.62. The van der Waals surface area contributed by atoms with E-state index in [1.807, 2.05) is 0 Å². The summed E-state index contributed by atoms with van der Waals surface area (Å²) in [5, 5.41) is -0.0350. The lowest BCUT2D eigenvalue weighted by atomic mass is 10.3. The van der Waals surface area contributed by atoms with Gasteiger partial charge in [0.15, 0.2) is 0 Å². The van der Waals surface area contributed by atoms with Gasteiger partial charge in [-0.05, 0) is 37.3 Å². The van der Waals surface area contributed by atoms with E-state index in [0.29, 0.717) is 0 Å². The Morgan fingerprint density at radius 1 is 1.14 bits per heavy atom. The summed E-state index contributed by atoms with van der Waals surface area (Å²) in [5.41, 5.74) is -0.797. The zero-order chi connectivity index (χ0) is 20.6. The molecule has 0 saturated heterocycles. The molecule has 0 unspecified atom stereocenters. The number of rotatable bonds is 4. The summed E-state index contributed by atoms with van der Waals surface area (Å²) in [6, 6.07) is 7.02. The van der Waals surface area contributed by atoms with Crippen LogP contribution in [0.3, 0.4) is 0 Å². The summed E-state index contributed by atoms with van der Waals surface area (Å²) < 4.78 is 55.7. The number of aromatic nitrogens is 2. The zero-order valence-corrected chi connectivity index (χ0v) is 16.4. The van der Waals surface area contributed by atoms with Gasteiger partial charge in [0.25, 0.3) is 15.9 Å². The number of sulfonamides is 1. The second-order valence-corrected chi connectivity index (χ2v) is 8.12. The first-order valence-corrected chi connectivity index (χ1v) is 9.86. The highest BCUT2D eigenvalue weighted by atomic mass is 35.5. The smallest absolute Gasteiger partial charge is 0.285 e. The van der Waals surface area contributed by atoms with Crippen molar-refractivity contribution in [1.29, 1.82) is 0 Å². The fourth-order valence-electron chi connectivity index (χ4n) is 2.44. The number of imidazole rings is 1. The van der Waals surface area contributed by atoms with E-state index in [-0.39, 0.29) is 21.6 Å². The Balaban J connectivity index is 1.95. The number of hydrogen-bond donors (Lipinski definition) is 1. The van der Waals surface area contributed by atoms with Gasteiger partial charge in [-0.3, -0.25) is 9.36 Å². The fourth-order valence-corrected chi connectivity index (χ4v) is 4.16. The summed E-state index contributed by atoms with van der Waals surface area (Å²) in [5.74, 6) is -2.77. The third kappa shape index (κ3) is 3.87. The molecule has 1 aromatic heterocycles. The summed E-state index contributed by atoms with van der Waals surface area (Å²) in [6.07, 6.45) is 1.03. The number of carbonyl (C=O) groups excluding carboxylic acids is 1. The topological polar surface area (TPSA) is 81.1 Å². The van der Waals surface area contributed by atoms with Crippen molar-refractivity contribution >= 4 is 39.1 Å². The molecule has 0 aliphatic rings. The standard InChI is InChI=1S/C17H11Cl2F2N3O3S/c1-9-22-14(8-24(9)16-12(20)3-2-4-13(16)21)17(25)23-28(26,27)15-7-10(18)5-6-11(15)19/h2-8H,1H3,(H,23,25). The van der Waals surface area contributed by atoms with E-state index in [2.05, 4.69) is 4.98 Å². The predicted octanol–water partition coefficient (Wildman–Crippen LogP) is 3.88. The van der Waals surface area contributed by atoms with Crippen LogP contribution in [-0.4, -0.2) is 23.9 Å². The Bertz CT molecular complexity index is 1180. The highest BCUT2D eigenvalue weighted by Gasteiger charge is 2.24. The molecule has 1 N–H and O–H groups in total. The van der Waals surface area contributed by atoms with Crippen LogP contribution in [0.5, 0.6) is 0 Å². The van der Waals surface area contributed by atoms with Gasteiger partial charge in [0, 0.05) is 11.2 Å². The molecule has 0 saturated carbocycles. The predicted molar refractivity (Wildman–Crippen MR) is 99.3 cm³/mol. The first-order valence-electron chi connectivity index (χ1n) is 7.62. The van der Waals surface area contributed by atoms with Crippen molar-refractivity contribution in [1.82, 2.24) is 14.3 Å². The maximum atomic E-state index is 14.0. The van der Waals surface area contributed by atoms with Crippen LogP contribution in [-0.2, 0) is 10.0 Å². The number of nitrogens with one attached hydrogen (secondary N) is 1. The van der Waals surface area contributed by atoms with Crippen LogP contribution in [0, 0.1) is 18.6 Å². The number of amides is 1. The van der Waals surface area contributed by atoms with Gasteiger partial charge >= 0.3 is 0 Å². The van der Waals surface area contributed by atoms with Gasteiger partial charge in [-0.25, -0.2) is 26.9 Å². The molecule has 0 aliphatic heterocycles. The monoisotopic (exact) mass is 445 g/mol. The molecule has 11 heteroatoms. The number of benzene rings is 2. The minimum Gasteiger partial charge on any atom is -0.298 e. The molecule has 0 fully saturated rings. The molecule has 0 bridgehead atoms. The lowest BCUT2D eigenvalue weighted by Crippen LogP contribution is -2.31. The first-order chi connectivity index (χ1) is 13.1. The Morgan fingerprint density at radius 3 is 2.43 bits per heavy atom. The van der Waals surface area contributed by atoms with Crippen molar-refractivity contribution in [2.24, 2.45) is 0 Å². The van der Waals surface area contributed by atoms with Gasteiger partial charge in [-0.15, -0.1) is 0 Å². The molecule has 1 heterocycles. The quantitative estimate of drug-likeness (QED) is 0.660. The van der Waals surface area contributed by atoms with Crippen molar-refractivity contribution in [2.45, 2.75) is 11.8 Å². The molecule has 0 aliphatic carbocycles. The molecule has 0 spiro atoms. The number of halogens is 4. The van der Waals surface area contributed by atoms with Crippen LogP contribution in [0.2, 0.25) is 10.0 Å². The number of carbonyl (C=O) groups is 1. The minimum atomic E-state index is -4.36. The van der Waals surface area contributed by atoms with Crippen molar-refractivity contribution in [3.05, 3.63) is 75.8 Å². The lowest BCUT2D eigenvalue weighted by Gasteiger charge is -2.08. The molecule has 2 aromatic carbocycles. The maximum absolute atomic E-state index is 14.0. The zero-order valence-electron chi connectivity index (χ0n) is 14.1. The average Bonchev–Trinajstić information content (AvgIpc) is 2.98. The fraction of sp³-hybridized carbons (Fsp3) is 0.0588. The highest BCUT2D eigenvalue weighted by Crippen LogP contribution is 2.25. The first kappa shape index (κ1) is 20.2. The average molecular weight is 446 g/mol. The molecule has 0 radical (unpaired) electrons. The van der Waals surface area contributed by atoms with Gasteiger partial charge in [0.1, 0.15) is 33.7 Å². The molecule has 146 valence electrons. The summed E-state index contributed by atoms with van der Waals surface area (Å²) in [4.78, 5) is 15.9. The van der Waals surface area contributed by atoms with Crippen LogP contribution >= 0.6 is 23.2 Å². The third-order valence-electron chi connectivity index (χ3n) is 3.70. The Morgan fingerprint density at radius 2 is 1.79 bits per heavy atom. The Kier molecular flexibility index (Phi) is 5.42. The molecule has 28 heavy (non-hydrogen) atoms. The van der Waals surface area contributed by atoms with Crippen LogP contribution < -0.4 is 4.72 Å². The normalized spacial score (nSPS) is 11.5. The van der Waals surface area contributed by atoms with Crippen LogP contribution in [0.15, 0.2) is 47.5 Å². The van der Waals surface area contributed by atoms with E-state index < -0.39 is 38.1 Å². The van der Waals surface area contributed by atoms with Crippen molar-refractivity contribution in [3.8, 4) is 5.69 Å². The van der Waals surface area contributed by atoms with Gasteiger partial charge < -0.3 is 0 Å². The van der Waals surface area contributed by atoms with E-state index in [0.717, 1.165) is 29.0 Å². The number of nitrogens with zero attached hydrogens (tertiary/aromatic N) is 2. The number of para-hydroxylation sites is 1. The van der Waals surface area contributed by atoms with Gasteiger partial charge in [-0.2, -0.15) is 0 Å². The molecule has 3 rings (SSSR count). The highest BCUT2D eigenvalue weighted by molar-refractivity contribution is 7.90.